The van der Waals surface area contributed by atoms with Gasteiger partial charge in [-0.3, -0.25) is 10.1 Å². The van der Waals surface area contributed by atoms with Crippen LogP contribution in [0.25, 0.3) is 0 Å². The minimum Gasteiger partial charge on any atom is -0.311 e. The van der Waals surface area contributed by atoms with Gasteiger partial charge in [-0.1, -0.05) is 18.2 Å². The zero-order valence-electron chi connectivity index (χ0n) is 9.02. The number of carbonyl (C=O) groups excluding carboxylic acids is 2. The zero-order chi connectivity index (χ0) is 12.4. The number of benzene rings is 1. The van der Waals surface area contributed by atoms with E-state index in [1.807, 2.05) is 0 Å². The Morgan fingerprint density at radius 3 is 2.76 bits per heavy atom. The van der Waals surface area contributed by atoms with Crippen LogP contribution in [0.5, 0.6) is 0 Å². The van der Waals surface area contributed by atoms with Gasteiger partial charge in [-0.2, -0.15) is 0 Å². The third kappa shape index (κ3) is 2.42. The summed E-state index contributed by atoms with van der Waals surface area (Å²) < 4.78 is 13.4. The molecule has 0 saturated carbocycles. The number of nitrogens with one attached hydrogen (secondary N) is 1. The van der Waals surface area contributed by atoms with Crippen LogP contribution in [0.2, 0.25) is 0 Å². The molecular weight excluding hydrogens is 225 g/mol. The molecule has 1 aromatic carbocycles. The molecule has 1 saturated heterocycles. The minimum atomic E-state index is -0.712. The highest BCUT2D eigenvalue weighted by Crippen LogP contribution is 2.14. The molecule has 0 aliphatic carbocycles. The highest BCUT2D eigenvalue weighted by molar-refractivity contribution is 5.97. The third-order valence-corrected chi connectivity index (χ3v) is 2.60. The van der Waals surface area contributed by atoms with Crippen LogP contribution in [-0.4, -0.2) is 23.0 Å². The number of nitrogens with zero attached hydrogens (tertiary/aromatic N) is 1. The number of hydrogen-bond acceptors (Lipinski definition) is 3. The maximum atomic E-state index is 13.4. The Bertz CT molecular complexity index is 464. The smallest absolute Gasteiger partial charge is 0.311 e. The van der Waals surface area contributed by atoms with Gasteiger partial charge >= 0.3 is 6.03 Å². The van der Waals surface area contributed by atoms with Gasteiger partial charge in [-0.05, 0) is 6.07 Å². The fourth-order valence-corrected chi connectivity index (χ4v) is 1.69. The molecule has 3 amide bonds. The topological polar surface area (TPSA) is 75.4 Å². The van der Waals surface area contributed by atoms with Crippen molar-refractivity contribution < 1.29 is 14.0 Å². The molecule has 0 bridgehead atoms. The van der Waals surface area contributed by atoms with Crippen molar-refractivity contribution >= 4 is 11.9 Å². The van der Waals surface area contributed by atoms with Gasteiger partial charge in [0.25, 0.3) is 0 Å². The molecule has 0 spiro atoms. The van der Waals surface area contributed by atoms with E-state index in [2.05, 4.69) is 5.32 Å². The largest absolute Gasteiger partial charge is 0.325 e. The number of hydrogen-bond donors (Lipinski definition) is 2. The van der Waals surface area contributed by atoms with Crippen molar-refractivity contribution in [3.8, 4) is 0 Å². The predicted octanol–water partition coefficient (Wildman–Crippen LogP) is 0.552. The molecule has 1 heterocycles. The van der Waals surface area contributed by atoms with Crippen molar-refractivity contribution in [2.24, 2.45) is 5.73 Å². The van der Waals surface area contributed by atoms with Gasteiger partial charge < -0.3 is 10.6 Å². The first-order valence-corrected chi connectivity index (χ1v) is 5.17. The molecule has 1 aliphatic heterocycles. The summed E-state index contributed by atoms with van der Waals surface area (Å²) in [6.45, 7) is 0.0486. The van der Waals surface area contributed by atoms with Gasteiger partial charge in [0.1, 0.15) is 5.82 Å². The maximum Gasteiger partial charge on any atom is 0.325 e. The van der Waals surface area contributed by atoms with E-state index in [0.29, 0.717) is 5.56 Å². The highest BCUT2D eigenvalue weighted by atomic mass is 19.1. The van der Waals surface area contributed by atoms with Crippen molar-refractivity contribution in [3.63, 3.8) is 0 Å². The Morgan fingerprint density at radius 1 is 1.41 bits per heavy atom. The van der Waals surface area contributed by atoms with Gasteiger partial charge in [-0.15, -0.1) is 0 Å². The minimum absolute atomic E-state index is 0.0280. The van der Waals surface area contributed by atoms with E-state index in [9.17, 15) is 14.0 Å². The number of nitrogens with two attached hydrogens (primary N) is 1. The first-order valence-electron chi connectivity index (χ1n) is 5.17. The Balaban J connectivity index is 2.16. The summed E-state index contributed by atoms with van der Waals surface area (Å²) in [6, 6.07) is 5.55. The molecule has 17 heavy (non-hydrogen) atoms. The van der Waals surface area contributed by atoms with E-state index in [4.69, 9.17) is 5.73 Å². The Labute approximate surface area is 97.4 Å². The van der Waals surface area contributed by atoms with E-state index < -0.39 is 23.9 Å². The highest BCUT2D eigenvalue weighted by Gasteiger charge is 2.30. The number of urea groups is 1. The van der Waals surface area contributed by atoms with Gasteiger partial charge in [0, 0.05) is 5.56 Å². The van der Waals surface area contributed by atoms with Crippen LogP contribution < -0.4 is 11.1 Å². The van der Waals surface area contributed by atoms with E-state index in [1.165, 1.54) is 11.0 Å². The van der Waals surface area contributed by atoms with Crippen LogP contribution in [0.1, 0.15) is 12.0 Å². The van der Waals surface area contributed by atoms with Gasteiger partial charge in [0.2, 0.25) is 5.91 Å². The zero-order valence-corrected chi connectivity index (χ0v) is 9.02. The van der Waals surface area contributed by atoms with Crippen LogP contribution in [0.15, 0.2) is 24.3 Å². The number of amides is 3. The SMILES string of the molecule is NC1CC(=O)NC(=O)N1Cc1ccccc1F. The van der Waals surface area contributed by atoms with Crippen molar-refractivity contribution in [1.82, 2.24) is 10.2 Å². The second-order valence-electron chi connectivity index (χ2n) is 3.84. The molecule has 1 unspecified atom stereocenters. The first kappa shape index (κ1) is 11.5. The number of imide groups is 1. The van der Waals surface area contributed by atoms with Gasteiger partial charge in [0.15, 0.2) is 0 Å². The summed E-state index contributed by atoms with van der Waals surface area (Å²) in [7, 11) is 0. The van der Waals surface area contributed by atoms with Crippen molar-refractivity contribution in [1.29, 1.82) is 0 Å². The lowest BCUT2D eigenvalue weighted by molar-refractivity contribution is -0.122. The second-order valence-corrected chi connectivity index (χ2v) is 3.84. The second kappa shape index (κ2) is 4.50. The average Bonchev–Trinajstić information content (AvgIpc) is 2.25. The fraction of sp³-hybridized carbons (Fsp3) is 0.273. The average molecular weight is 237 g/mol. The molecule has 6 heteroatoms. The van der Waals surface area contributed by atoms with Crippen molar-refractivity contribution in [2.75, 3.05) is 0 Å². The normalized spacial score (nSPS) is 20.4. The molecule has 1 fully saturated rings. The third-order valence-electron chi connectivity index (χ3n) is 2.60. The predicted molar refractivity (Wildman–Crippen MR) is 58.1 cm³/mol. The number of rotatable bonds is 2. The van der Waals surface area contributed by atoms with Crippen LogP contribution in [0.3, 0.4) is 0 Å². The van der Waals surface area contributed by atoms with Crippen LogP contribution in [0.4, 0.5) is 9.18 Å². The van der Waals surface area contributed by atoms with Crippen molar-refractivity contribution in [3.05, 3.63) is 35.6 Å². The lowest BCUT2D eigenvalue weighted by Gasteiger charge is -2.32. The molecule has 5 nitrogen and oxygen atoms in total. The van der Waals surface area contributed by atoms with Gasteiger partial charge in [-0.25, -0.2) is 9.18 Å². The molecule has 1 atom stereocenters. The molecule has 3 N–H and O–H groups in total. The molecule has 1 aliphatic rings. The number of halogens is 1. The van der Waals surface area contributed by atoms with Crippen LogP contribution in [-0.2, 0) is 11.3 Å². The summed E-state index contributed by atoms with van der Waals surface area (Å²) in [6.07, 6.45) is -0.684. The standard InChI is InChI=1S/C11H12FN3O2/c12-8-4-2-1-3-7(8)6-15-9(13)5-10(16)14-11(15)17/h1-4,9H,5-6,13H2,(H,14,16,17). The molecule has 2 rings (SSSR count). The Kier molecular flexibility index (Phi) is 3.06. The van der Waals surface area contributed by atoms with Crippen LogP contribution >= 0.6 is 0 Å². The van der Waals surface area contributed by atoms with E-state index >= 15 is 0 Å². The summed E-state index contributed by atoms with van der Waals surface area (Å²) in [5.41, 5.74) is 6.05. The molecule has 0 aromatic heterocycles. The quantitative estimate of drug-likeness (QED) is 0.788. The lowest BCUT2D eigenvalue weighted by atomic mass is 10.1. The van der Waals surface area contributed by atoms with Gasteiger partial charge in [0.05, 0.1) is 19.1 Å². The summed E-state index contributed by atoms with van der Waals surface area (Å²) in [5, 5.41) is 2.15. The number of carbonyl (C=O) groups is 2. The summed E-state index contributed by atoms with van der Waals surface area (Å²) in [5.74, 6) is -0.809. The molecule has 1 aromatic rings. The Hall–Kier alpha value is -1.95. The molecule has 90 valence electrons. The van der Waals surface area contributed by atoms with E-state index in [0.717, 1.165) is 0 Å². The molecular formula is C11H12FN3O2. The van der Waals surface area contributed by atoms with E-state index in [-0.39, 0.29) is 13.0 Å². The molecule has 0 radical (unpaired) electrons. The van der Waals surface area contributed by atoms with Crippen LogP contribution in [0, 0.1) is 5.82 Å². The monoisotopic (exact) mass is 237 g/mol. The fourth-order valence-electron chi connectivity index (χ4n) is 1.69. The van der Waals surface area contributed by atoms with Crippen molar-refractivity contribution in [2.45, 2.75) is 19.1 Å². The lowest BCUT2D eigenvalue weighted by Crippen LogP contribution is -2.57. The summed E-state index contributed by atoms with van der Waals surface area (Å²) >= 11 is 0. The van der Waals surface area contributed by atoms with E-state index in [1.54, 1.807) is 18.2 Å². The summed E-state index contributed by atoms with van der Waals surface area (Å²) in [4.78, 5) is 23.8. The Morgan fingerprint density at radius 2 is 2.12 bits per heavy atom. The maximum absolute atomic E-state index is 13.4. The first-order chi connectivity index (χ1) is 8.08.